The van der Waals surface area contributed by atoms with E-state index in [1.54, 1.807) is 30.3 Å². The van der Waals surface area contributed by atoms with Crippen LogP contribution in [0.5, 0.6) is 0 Å². The number of hydrogen-bond donors (Lipinski definition) is 1. The minimum absolute atomic E-state index is 0.121. The highest BCUT2D eigenvalue weighted by atomic mass is 19.1. The first-order valence-corrected chi connectivity index (χ1v) is 8.94. The van der Waals surface area contributed by atoms with Gasteiger partial charge >= 0.3 is 0 Å². The van der Waals surface area contributed by atoms with E-state index in [1.165, 1.54) is 6.07 Å². The average molecular weight is 369 g/mol. The van der Waals surface area contributed by atoms with Crippen molar-refractivity contribution in [3.05, 3.63) is 59.7 Å². The Balaban J connectivity index is 1.63. The van der Waals surface area contributed by atoms with Gasteiger partial charge in [-0.3, -0.25) is 4.79 Å². The molecule has 3 rings (SSSR count). The Kier molecular flexibility index (Phi) is 5.17. The number of anilines is 1. The fraction of sp³-hybridized carbons (Fsp3) is 0.333. The Hall–Kier alpha value is -2.89. The molecule has 142 valence electrons. The second-order valence-electron chi connectivity index (χ2n) is 7.55. The Morgan fingerprint density at radius 1 is 1.22 bits per heavy atom. The summed E-state index contributed by atoms with van der Waals surface area (Å²) in [4.78, 5) is 12.4. The van der Waals surface area contributed by atoms with Gasteiger partial charge in [0.05, 0.1) is 16.8 Å². The number of nitrogens with one attached hydrogen (secondary N) is 1. The number of nitrogens with zero attached hydrogens (tertiary/aromatic N) is 2. The lowest BCUT2D eigenvalue weighted by molar-refractivity contribution is -0.116. The summed E-state index contributed by atoms with van der Waals surface area (Å²) in [6.07, 6.45) is 0.696. The van der Waals surface area contributed by atoms with Crippen molar-refractivity contribution in [2.75, 3.05) is 5.32 Å². The van der Waals surface area contributed by atoms with Crippen molar-refractivity contribution < 1.29 is 13.6 Å². The van der Waals surface area contributed by atoms with Crippen LogP contribution in [0.1, 0.15) is 38.6 Å². The van der Waals surface area contributed by atoms with E-state index in [4.69, 9.17) is 4.42 Å². The van der Waals surface area contributed by atoms with E-state index in [2.05, 4.69) is 10.4 Å². The van der Waals surface area contributed by atoms with Gasteiger partial charge in [0, 0.05) is 18.9 Å². The summed E-state index contributed by atoms with van der Waals surface area (Å²) in [6.45, 7) is 7.98. The summed E-state index contributed by atoms with van der Waals surface area (Å²) in [6, 6.07) is 11.8. The standard InChI is InChI=1S/C21H24FN3O2/c1-14-13-19(25(24-14)21(2,3)4)23-20(26)12-10-15-9-11-18(27-15)16-7-5-6-8-17(16)22/h5-9,11,13H,10,12H2,1-4H3,(H,23,26). The minimum atomic E-state index is -0.332. The van der Waals surface area contributed by atoms with Crippen LogP contribution in [0, 0.1) is 12.7 Å². The van der Waals surface area contributed by atoms with Gasteiger partial charge in [0.15, 0.2) is 0 Å². The number of carbonyl (C=O) groups excluding carboxylic acids is 1. The molecular weight excluding hydrogens is 345 g/mol. The van der Waals surface area contributed by atoms with Crippen LogP contribution in [-0.2, 0) is 16.8 Å². The second kappa shape index (κ2) is 7.39. The van der Waals surface area contributed by atoms with Crippen LogP contribution in [0.2, 0.25) is 0 Å². The van der Waals surface area contributed by atoms with Crippen molar-refractivity contribution in [1.29, 1.82) is 0 Å². The zero-order chi connectivity index (χ0) is 19.6. The molecule has 0 unspecified atom stereocenters. The lowest BCUT2D eigenvalue weighted by atomic mass is 10.1. The monoisotopic (exact) mass is 369 g/mol. The Bertz CT molecular complexity index is 950. The van der Waals surface area contributed by atoms with Crippen LogP contribution in [0.15, 0.2) is 46.9 Å². The molecule has 2 heterocycles. The van der Waals surface area contributed by atoms with Gasteiger partial charge in [-0.1, -0.05) is 12.1 Å². The number of halogens is 1. The summed E-state index contributed by atoms with van der Waals surface area (Å²) < 4.78 is 21.3. The molecule has 0 saturated carbocycles. The third-order valence-corrected chi connectivity index (χ3v) is 4.13. The van der Waals surface area contributed by atoms with E-state index in [1.807, 2.05) is 38.4 Å². The molecule has 0 aliphatic carbocycles. The molecule has 0 aliphatic rings. The van der Waals surface area contributed by atoms with Gasteiger partial charge in [-0.15, -0.1) is 0 Å². The molecule has 0 saturated heterocycles. The minimum Gasteiger partial charge on any atom is -0.461 e. The second-order valence-corrected chi connectivity index (χ2v) is 7.55. The van der Waals surface area contributed by atoms with E-state index in [9.17, 15) is 9.18 Å². The summed E-state index contributed by atoms with van der Waals surface area (Å²) in [5.41, 5.74) is 1.03. The van der Waals surface area contributed by atoms with Crippen LogP contribution in [0.25, 0.3) is 11.3 Å². The van der Waals surface area contributed by atoms with E-state index in [0.29, 0.717) is 29.3 Å². The molecule has 0 spiro atoms. The molecule has 1 N–H and O–H groups in total. The lowest BCUT2D eigenvalue weighted by Gasteiger charge is -2.22. The molecule has 0 atom stereocenters. The molecule has 27 heavy (non-hydrogen) atoms. The fourth-order valence-electron chi connectivity index (χ4n) is 2.86. The normalized spacial score (nSPS) is 11.6. The number of aryl methyl sites for hydroxylation is 2. The molecule has 1 amide bonds. The topological polar surface area (TPSA) is 60.1 Å². The maximum absolute atomic E-state index is 13.8. The highest BCUT2D eigenvalue weighted by molar-refractivity contribution is 5.90. The SMILES string of the molecule is Cc1cc(NC(=O)CCc2ccc(-c3ccccc3F)o2)n(C(C)(C)C)n1. The maximum Gasteiger partial charge on any atom is 0.225 e. The number of rotatable bonds is 5. The van der Waals surface area contributed by atoms with Gasteiger partial charge in [-0.05, 0) is 52.0 Å². The Morgan fingerprint density at radius 3 is 2.67 bits per heavy atom. The zero-order valence-corrected chi connectivity index (χ0v) is 16.0. The Labute approximate surface area is 158 Å². The maximum atomic E-state index is 13.8. The van der Waals surface area contributed by atoms with Gasteiger partial charge in [0.1, 0.15) is 23.2 Å². The van der Waals surface area contributed by atoms with Gasteiger partial charge in [-0.25, -0.2) is 9.07 Å². The molecule has 6 heteroatoms. The number of hydrogen-bond acceptors (Lipinski definition) is 3. The van der Waals surface area contributed by atoms with Crippen LogP contribution in [0.3, 0.4) is 0 Å². The molecule has 5 nitrogen and oxygen atoms in total. The van der Waals surface area contributed by atoms with E-state index in [0.717, 1.165) is 5.69 Å². The molecule has 1 aromatic carbocycles. The molecule has 0 bridgehead atoms. The summed E-state index contributed by atoms with van der Waals surface area (Å²) in [5.74, 6) is 1.33. The van der Waals surface area contributed by atoms with E-state index < -0.39 is 0 Å². The molecule has 0 radical (unpaired) electrons. The number of benzene rings is 1. The molecule has 0 aliphatic heterocycles. The fourth-order valence-corrected chi connectivity index (χ4v) is 2.86. The van der Waals surface area contributed by atoms with Crippen molar-refractivity contribution in [2.24, 2.45) is 0 Å². The highest BCUT2D eigenvalue weighted by Gasteiger charge is 2.20. The summed E-state index contributed by atoms with van der Waals surface area (Å²) in [7, 11) is 0. The van der Waals surface area contributed by atoms with Gasteiger partial charge in [-0.2, -0.15) is 5.10 Å². The first kappa shape index (κ1) is 18.9. The van der Waals surface area contributed by atoms with E-state index in [-0.39, 0.29) is 23.7 Å². The first-order chi connectivity index (χ1) is 12.7. The third-order valence-electron chi connectivity index (χ3n) is 4.13. The smallest absolute Gasteiger partial charge is 0.225 e. The van der Waals surface area contributed by atoms with Crippen LogP contribution >= 0.6 is 0 Å². The predicted molar refractivity (Wildman–Crippen MR) is 103 cm³/mol. The number of furan rings is 1. The van der Waals surface area contributed by atoms with Gasteiger partial charge < -0.3 is 9.73 Å². The van der Waals surface area contributed by atoms with Crippen LogP contribution in [0.4, 0.5) is 10.2 Å². The third kappa shape index (κ3) is 4.45. The molecular formula is C21H24FN3O2. The summed E-state index contributed by atoms with van der Waals surface area (Å²) >= 11 is 0. The quantitative estimate of drug-likeness (QED) is 0.695. The molecule has 3 aromatic rings. The van der Waals surface area contributed by atoms with Crippen LogP contribution < -0.4 is 5.32 Å². The average Bonchev–Trinajstić information content (AvgIpc) is 3.20. The van der Waals surface area contributed by atoms with Crippen molar-refractivity contribution >= 4 is 11.7 Å². The van der Waals surface area contributed by atoms with Gasteiger partial charge in [0.25, 0.3) is 0 Å². The first-order valence-electron chi connectivity index (χ1n) is 8.94. The zero-order valence-electron chi connectivity index (χ0n) is 16.0. The molecule has 2 aromatic heterocycles. The van der Waals surface area contributed by atoms with Crippen LogP contribution in [-0.4, -0.2) is 15.7 Å². The summed E-state index contributed by atoms with van der Waals surface area (Å²) in [5, 5.41) is 7.36. The van der Waals surface area contributed by atoms with E-state index >= 15 is 0 Å². The predicted octanol–water partition coefficient (Wildman–Crippen LogP) is 4.92. The lowest BCUT2D eigenvalue weighted by Crippen LogP contribution is -2.26. The number of carbonyl (C=O) groups is 1. The van der Waals surface area contributed by atoms with Crippen molar-refractivity contribution in [1.82, 2.24) is 9.78 Å². The highest BCUT2D eigenvalue weighted by Crippen LogP contribution is 2.25. The number of aromatic nitrogens is 2. The number of amides is 1. The van der Waals surface area contributed by atoms with Crippen molar-refractivity contribution in [2.45, 2.75) is 46.1 Å². The largest absolute Gasteiger partial charge is 0.461 e. The van der Waals surface area contributed by atoms with Crippen molar-refractivity contribution in [3.8, 4) is 11.3 Å². The Morgan fingerprint density at radius 2 is 1.96 bits per heavy atom. The molecule has 0 fully saturated rings. The van der Waals surface area contributed by atoms with Gasteiger partial charge in [0.2, 0.25) is 5.91 Å². The van der Waals surface area contributed by atoms with Crippen molar-refractivity contribution in [3.63, 3.8) is 0 Å².